The van der Waals surface area contributed by atoms with Crippen molar-refractivity contribution in [1.29, 1.82) is 0 Å². The second-order valence-corrected chi connectivity index (χ2v) is 6.50. The van der Waals surface area contributed by atoms with Gasteiger partial charge in [-0.05, 0) is 56.2 Å². The van der Waals surface area contributed by atoms with E-state index < -0.39 is 12.1 Å². The maximum atomic E-state index is 12.6. The van der Waals surface area contributed by atoms with Gasteiger partial charge >= 0.3 is 5.97 Å². The monoisotopic (exact) mass is 366 g/mol. The van der Waals surface area contributed by atoms with E-state index in [0.717, 1.165) is 16.7 Å². The highest BCUT2D eigenvalue weighted by Crippen LogP contribution is 2.31. The molecule has 1 atom stereocenters. The minimum Gasteiger partial charge on any atom is -0.486 e. The number of carbonyl (C=O) groups excluding carboxylic acids is 2. The number of ether oxygens (including phenoxy) is 3. The molecule has 5 heteroatoms. The summed E-state index contributed by atoms with van der Waals surface area (Å²) in [5, 5.41) is 0. The van der Waals surface area contributed by atoms with Gasteiger partial charge in [-0.2, -0.15) is 0 Å². The predicted molar refractivity (Wildman–Crippen MR) is 102 cm³/mol. The fourth-order valence-electron chi connectivity index (χ4n) is 2.82. The number of aryl methyl sites for hydroxylation is 2. The molecule has 0 aromatic heterocycles. The van der Waals surface area contributed by atoms with E-state index in [9.17, 15) is 9.59 Å². The lowest BCUT2D eigenvalue weighted by molar-refractivity contribution is -0.140. The Balaban J connectivity index is 1.63. The van der Waals surface area contributed by atoms with Crippen molar-refractivity contribution in [2.45, 2.75) is 26.9 Å². The van der Waals surface area contributed by atoms with Crippen molar-refractivity contribution in [3.8, 4) is 11.5 Å². The zero-order valence-electron chi connectivity index (χ0n) is 15.7. The Morgan fingerprint density at radius 1 is 1.04 bits per heavy atom. The summed E-state index contributed by atoms with van der Waals surface area (Å²) in [7, 11) is 0. The highest BCUT2D eigenvalue weighted by atomic mass is 16.6. The van der Waals surface area contributed by atoms with E-state index in [2.05, 4.69) is 0 Å². The normalized spacial score (nSPS) is 14.0. The summed E-state index contributed by atoms with van der Waals surface area (Å²) in [6.45, 7) is 6.40. The molecular formula is C22H22O5. The minimum absolute atomic E-state index is 0.211. The average molecular weight is 366 g/mol. The van der Waals surface area contributed by atoms with E-state index in [-0.39, 0.29) is 5.78 Å². The van der Waals surface area contributed by atoms with Crippen LogP contribution in [0.3, 0.4) is 0 Å². The van der Waals surface area contributed by atoms with Crippen LogP contribution in [-0.2, 0) is 9.53 Å². The molecule has 1 heterocycles. The van der Waals surface area contributed by atoms with Crippen LogP contribution in [0.5, 0.6) is 11.5 Å². The van der Waals surface area contributed by atoms with Gasteiger partial charge < -0.3 is 14.2 Å². The van der Waals surface area contributed by atoms with Crippen LogP contribution in [0.25, 0.3) is 6.08 Å². The highest BCUT2D eigenvalue weighted by Gasteiger charge is 2.20. The van der Waals surface area contributed by atoms with Crippen LogP contribution in [0.2, 0.25) is 0 Å². The van der Waals surface area contributed by atoms with Crippen LogP contribution in [0, 0.1) is 13.8 Å². The fourth-order valence-corrected chi connectivity index (χ4v) is 2.82. The molecule has 27 heavy (non-hydrogen) atoms. The topological polar surface area (TPSA) is 61.8 Å². The Hall–Kier alpha value is -3.08. The molecule has 0 aliphatic carbocycles. The Morgan fingerprint density at radius 3 is 2.56 bits per heavy atom. The summed E-state index contributed by atoms with van der Waals surface area (Å²) in [6, 6.07) is 11.1. The quantitative estimate of drug-likeness (QED) is 0.456. The van der Waals surface area contributed by atoms with Crippen molar-refractivity contribution >= 4 is 17.8 Å². The van der Waals surface area contributed by atoms with Crippen molar-refractivity contribution < 1.29 is 23.8 Å². The third-order valence-electron chi connectivity index (χ3n) is 4.30. The minimum atomic E-state index is -0.858. The van der Waals surface area contributed by atoms with E-state index in [4.69, 9.17) is 14.2 Å². The summed E-state index contributed by atoms with van der Waals surface area (Å²) >= 11 is 0. The first kappa shape index (κ1) is 18.7. The molecule has 0 saturated carbocycles. The lowest BCUT2D eigenvalue weighted by Gasteiger charge is -2.18. The number of carbonyl (C=O) groups is 2. The third kappa shape index (κ3) is 4.56. The number of hydrogen-bond acceptors (Lipinski definition) is 5. The molecule has 0 fully saturated rings. The number of ketones is 1. The van der Waals surface area contributed by atoms with Crippen molar-refractivity contribution in [1.82, 2.24) is 0 Å². The highest BCUT2D eigenvalue weighted by molar-refractivity contribution is 6.02. The first-order valence-corrected chi connectivity index (χ1v) is 8.84. The molecule has 0 bridgehead atoms. The van der Waals surface area contributed by atoms with Crippen molar-refractivity contribution in [2.24, 2.45) is 0 Å². The van der Waals surface area contributed by atoms with Crippen LogP contribution >= 0.6 is 0 Å². The van der Waals surface area contributed by atoms with Gasteiger partial charge in [-0.1, -0.05) is 23.8 Å². The second-order valence-electron chi connectivity index (χ2n) is 6.50. The molecule has 2 aromatic carbocycles. The largest absolute Gasteiger partial charge is 0.486 e. The number of Topliss-reactive ketones (excluding diaryl/α,β-unsaturated/α-hetero) is 1. The molecule has 0 unspecified atom stereocenters. The lowest BCUT2D eigenvalue weighted by Crippen LogP contribution is -2.24. The summed E-state index contributed by atoms with van der Waals surface area (Å²) < 4.78 is 16.2. The molecule has 0 amide bonds. The Labute approximate surface area is 158 Å². The summed E-state index contributed by atoms with van der Waals surface area (Å²) in [6.07, 6.45) is 2.07. The molecule has 5 nitrogen and oxygen atoms in total. The van der Waals surface area contributed by atoms with Gasteiger partial charge in [-0.15, -0.1) is 0 Å². The molecule has 1 aliphatic rings. The maximum Gasteiger partial charge on any atom is 0.331 e. The average Bonchev–Trinajstić information content (AvgIpc) is 2.67. The van der Waals surface area contributed by atoms with E-state index in [1.807, 2.05) is 38.1 Å². The van der Waals surface area contributed by atoms with Gasteiger partial charge in [0.05, 0.1) is 0 Å². The maximum absolute atomic E-state index is 12.6. The molecule has 1 aliphatic heterocycles. The number of benzene rings is 2. The van der Waals surface area contributed by atoms with E-state index in [1.165, 1.54) is 6.08 Å². The van der Waals surface area contributed by atoms with E-state index >= 15 is 0 Å². The standard InChI is InChI=1S/C22H22O5/c1-14-4-5-15(2)18(12-14)22(24)16(3)27-21(23)9-7-17-6-8-19-20(13-17)26-11-10-25-19/h4-9,12-13,16H,10-11H2,1-3H3/b9-7+/t16-/m0/s1. The van der Waals surface area contributed by atoms with Gasteiger partial charge in [-0.25, -0.2) is 4.79 Å². The molecular weight excluding hydrogens is 344 g/mol. The Morgan fingerprint density at radius 2 is 1.78 bits per heavy atom. The van der Waals surface area contributed by atoms with Gasteiger partial charge in [0.1, 0.15) is 13.2 Å². The Bertz CT molecular complexity index is 898. The Kier molecular flexibility index (Phi) is 5.60. The van der Waals surface area contributed by atoms with Crippen molar-refractivity contribution in [2.75, 3.05) is 13.2 Å². The van der Waals surface area contributed by atoms with Crippen LogP contribution < -0.4 is 9.47 Å². The summed E-state index contributed by atoms with van der Waals surface area (Å²) in [4.78, 5) is 24.6. The molecule has 0 radical (unpaired) electrons. The van der Waals surface area contributed by atoms with Crippen LogP contribution in [0.4, 0.5) is 0 Å². The van der Waals surface area contributed by atoms with Gasteiger partial charge in [0, 0.05) is 11.6 Å². The third-order valence-corrected chi connectivity index (χ3v) is 4.30. The number of esters is 1. The number of fused-ring (bicyclic) bond motifs is 1. The molecule has 140 valence electrons. The zero-order chi connectivity index (χ0) is 19.4. The van der Waals surface area contributed by atoms with Crippen molar-refractivity contribution in [3.63, 3.8) is 0 Å². The zero-order valence-corrected chi connectivity index (χ0v) is 15.7. The van der Waals surface area contributed by atoms with E-state index in [1.54, 1.807) is 25.1 Å². The number of rotatable bonds is 5. The SMILES string of the molecule is Cc1ccc(C)c(C(=O)[C@H](C)OC(=O)/C=C/c2ccc3c(c2)OCCO3)c1. The van der Waals surface area contributed by atoms with Gasteiger partial charge in [0.2, 0.25) is 5.78 Å². The summed E-state index contributed by atoms with van der Waals surface area (Å²) in [5.74, 6) is 0.553. The molecule has 0 spiro atoms. The summed E-state index contributed by atoms with van der Waals surface area (Å²) in [5.41, 5.74) is 3.21. The van der Waals surface area contributed by atoms with Crippen LogP contribution in [-0.4, -0.2) is 31.1 Å². The molecule has 3 rings (SSSR count). The fraction of sp³-hybridized carbons (Fsp3) is 0.273. The molecule has 0 N–H and O–H groups in total. The van der Waals surface area contributed by atoms with Crippen molar-refractivity contribution in [3.05, 3.63) is 64.7 Å². The lowest BCUT2D eigenvalue weighted by atomic mass is 9.99. The van der Waals surface area contributed by atoms with Gasteiger partial charge in [0.15, 0.2) is 17.6 Å². The molecule has 2 aromatic rings. The first-order chi connectivity index (χ1) is 12.9. The predicted octanol–water partition coefficient (Wildman–Crippen LogP) is 3.90. The smallest absolute Gasteiger partial charge is 0.331 e. The van der Waals surface area contributed by atoms with E-state index in [0.29, 0.717) is 30.3 Å². The number of hydrogen-bond donors (Lipinski definition) is 0. The van der Waals surface area contributed by atoms with Crippen LogP contribution in [0.15, 0.2) is 42.5 Å². The van der Waals surface area contributed by atoms with Gasteiger partial charge in [-0.3, -0.25) is 4.79 Å². The van der Waals surface area contributed by atoms with Gasteiger partial charge in [0.25, 0.3) is 0 Å². The molecule has 0 saturated heterocycles. The first-order valence-electron chi connectivity index (χ1n) is 8.84. The van der Waals surface area contributed by atoms with Crippen LogP contribution in [0.1, 0.15) is 34.0 Å². The second kappa shape index (κ2) is 8.08.